The first kappa shape index (κ1) is 36.8. The molecule has 0 unspecified atom stereocenters. The first-order chi connectivity index (χ1) is 30.7. The van der Waals surface area contributed by atoms with E-state index in [9.17, 15) is 0 Å². The average Bonchev–Trinajstić information content (AvgIpc) is 3.69. The molecule has 11 rings (SSSR count). The molecule has 2 heteroatoms. The molecule has 2 nitrogen and oxygen atoms in total. The summed E-state index contributed by atoms with van der Waals surface area (Å²) >= 11 is 0. The molecule has 0 aliphatic heterocycles. The maximum absolute atomic E-state index is 2.42. The number of benzene rings is 10. The van der Waals surface area contributed by atoms with Gasteiger partial charge in [0.25, 0.3) is 0 Å². The molecule has 292 valence electrons. The van der Waals surface area contributed by atoms with Crippen LogP contribution in [0.1, 0.15) is 0 Å². The number of rotatable bonds is 9. The Balaban J connectivity index is 1.06. The highest BCUT2D eigenvalue weighted by atomic mass is 15.1. The standard InChI is InChI=1S/C60H42N2/c1-4-15-43(16-5-1)46-27-29-47(30-28-46)49-31-35-52(36-32-49)61(58-25-12-10-23-55(58)51-22-14-21-50(41-51)45-19-8-3-9-20-45)54-39-40-57-56-24-11-13-26-59(56)62(60(57)42-54)53-37-33-48(34-38-53)44-17-6-2-7-18-44/h1-42H. The van der Waals surface area contributed by atoms with Gasteiger partial charge >= 0.3 is 0 Å². The normalized spacial score (nSPS) is 11.2. The molecule has 10 aromatic carbocycles. The Labute approximate surface area is 362 Å². The van der Waals surface area contributed by atoms with Crippen LogP contribution in [0.2, 0.25) is 0 Å². The van der Waals surface area contributed by atoms with Crippen molar-refractivity contribution in [2.45, 2.75) is 0 Å². The van der Waals surface area contributed by atoms with Gasteiger partial charge in [-0.15, -0.1) is 0 Å². The lowest BCUT2D eigenvalue weighted by molar-refractivity contribution is 1.18. The SMILES string of the molecule is c1ccc(-c2ccc(-c3ccc(N(c4ccc5c6ccccc6n(-c6ccc(-c7ccccc7)cc6)c5c4)c4ccccc4-c4cccc(-c5ccccc5)c4)cc3)cc2)cc1. The van der Waals surface area contributed by atoms with Gasteiger partial charge in [-0.05, 0) is 105 Å². The monoisotopic (exact) mass is 790 g/mol. The van der Waals surface area contributed by atoms with Gasteiger partial charge in [-0.2, -0.15) is 0 Å². The molecular formula is C60H42N2. The lowest BCUT2D eigenvalue weighted by Gasteiger charge is -2.28. The van der Waals surface area contributed by atoms with E-state index in [0.29, 0.717) is 0 Å². The van der Waals surface area contributed by atoms with Gasteiger partial charge in [-0.1, -0.05) is 200 Å². The van der Waals surface area contributed by atoms with Crippen LogP contribution in [0.15, 0.2) is 255 Å². The molecule has 0 saturated heterocycles. The van der Waals surface area contributed by atoms with Crippen molar-refractivity contribution in [1.29, 1.82) is 0 Å². The van der Waals surface area contributed by atoms with E-state index in [1.165, 1.54) is 60.8 Å². The number of hydrogen-bond acceptors (Lipinski definition) is 1. The predicted octanol–water partition coefficient (Wildman–Crippen LogP) is 16.6. The minimum absolute atomic E-state index is 1.08. The molecule has 0 bridgehead atoms. The molecule has 0 fully saturated rings. The molecule has 0 N–H and O–H groups in total. The Bertz CT molecular complexity index is 3290. The second-order valence-electron chi connectivity index (χ2n) is 15.8. The fourth-order valence-corrected chi connectivity index (χ4v) is 8.94. The molecular weight excluding hydrogens is 749 g/mol. The highest BCUT2D eigenvalue weighted by Crippen LogP contribution is 2.44. The van der Waals surface area contributed by atoms with Crippen molar-refractivity contribution in [3.05, 3.63) is 255 Å². The highest BCUT2D eigenvalue weighted by molar-refractivity contribution is 6.10. The zero-order valence-corrected chi connectivity index (χ0v) is 34.1. The summed E-state index contributed by atoms with van der Waals surface area (Å²) in [6.45, 7) is 0. The van der Waals surface area contributed by atoms with Crippen LogP contribution >= 0.6 is 0 Å². The van der Waals surface area contributed by atoms with E-state index in [2.05, 4.69) is 264 Å². The minimum atomic E-state index is 1.08. The quantitative estimate of drug-likeness (QED) is 0.141. The lowest BCUT2D eigenvalue weighted by atomic mass is 9.97. The molecule has 11 aromatic rings. The molecule has 1 aromatic heterocycles. The number of aromatic nitrogens is 1. The lowest BCUT2D eigenvalue weighted by Crippen LogP contribution is -2.11. The third-order valence-corrected chi connectivity index (χ3v) is 12.0. The Morgan fingerprint density at radius 3 is 1.32 bits per heavy atom. The van der Waals surface area contributed by atoms with Crippen molar-refractivity contribution in [1.82, 2.24) is 4.57 Å². The van der Waals surface area contributed by atoms with Crippen molar-refractivity contribution in [2.75, 3.05) is 4.90 Å². The first-order valence-corrected chi connectivity index (χ1v) is 21.3. The van der Waals surface area contributed by atoms with E-state index in [-0.39, 0.29) is 0 Å². The Morgan fingerprint density at radius 1 is 0.258 bits per heavy atom. The largest absolute Gasteiger partial charge is 0.310 e. The van der Waals surface area contributed by atoms with Crippen molar-refractivity contribution >= 4 is 38.9 Å². The summed E-state index contributed by atoms with van der Waals surface area (Å²) in [5.41, 5.74) is 18.6. The fraction of sp³-hybridized carbons (Fsp3) is 0. The van der Waals surface area contributed by atoms with Crippen LogP contribution in [0.25, 0.3) is 83.1 Å². The molecule has 0 aliphatic rings. The summed E-state index contributed by atoms with van der Waals surface area (Å²) in [5.74, 6) is 0. The van der Waals surface area contributed by atoms with E-state index in [4.69, 9.17) is 0 Å². The zero-order valence-electron chi connectivity index (χ0n) is 34.1. The summed E-state index contributed by atoms with van der Waals surface area (Å²) in [6, 6.07) is 92.1. The number of para-hydroxylation sites is 2. The van der Waals surface area contributed by atoms with Crippen LogP contribution in [-0.4, -0.2) is 4.57 Å². The summed E-state index contributed by atoms with van der Waals surface area (Å²) in [5, 5.41) is 2.45. The third kappa shape index (κ3) is 6.94. The van der Waals surface area contributed by atoms with Crippen LogP contribution in [0.3, 0.4) is 0 Å². The fourth-order valence-electron chi connectivity index (χ4n) is 8.94. The van der Waals surface area contributed by atoms with Crippen LogP contribution in [0, 0.1) is 0 Å². The molecule has 0 atom stereocenters. The predicted molar refractivity (Wildman–Crippen MR) is 263 cm³/mol. The van der Waals surface area contributed by atoms with E-state index in [1.54, 1.807) is 0 Å². The summed E-state index contributed by atoms with van der Waals surface area (Å²) in [6.07, 6.45) is 0. The first-order valence-electron chi connectivity index (χ1n) is 21.3. The second kappa shape index (κ2) is 16.1. The van der Waals surface area contributed by atoms with E-state index in [0.717, 1.165) is 39.4 Å². The van der Waals surface area contributed by atoms with Crippen LogP contribution in [0.4, 0.5) is 17.1 Å². The molecule has 62 heavy (non-hydrogen) atoms. The van der Waals surface area contributed by atoms with Gasteiger partial charge in [-0.3, -0.25) is 0 Å². The zero-order chi connectivity index (χ0) is 41.2. The third-order valence-electron chi connectivity index (χ3n) is 12.0. The highest BCUT2D eigenvalue weighted by Gasteiger charge is 2.20. The van der Waals surface area contributed by atoms with Gasteiger partial charge < -0.3 is 9.47 Å². The number of hydrogen-bond donors (Lipinski definition) is 0. The van der Waals surface area contributed by atoms with Gasteiger partial charge in [0, 0.05) is 33.4 Å². The maximum Gasteiger partial charge on any atom is 0.0561 e. The average molecular weight is 791 g/mol. The Morgan fingerprint density at radius 2 is 0.694 bits per heavy atom. The van der Waals surface area contributed by atoms with Crippen molar-refractivity contribution in [3.63, 3.8) is 0 Å². The topological polar surface area (TPSA) is 8.17 Å². The van der Waals surface area contributed by atoms with Crippen LogP contribution in [0.5, 0.6) is 0 Å². The molecule has 0 amide bonds. The van der Waals surface area contributed by atoms with Gasteiger partial charge in [0.15, 0.2) is 0 Å². The summed E-state index contributed by atoms with van der Waals surface area (Å²) < 4.78 is 2.42. The molecule has 0 radical (unpaired) electrons. The van der Waals surface area contributed by atoms with Crippen molar-refractivity contribution in [3.8, 4) is 61.3 Å². The number of anilines is 3. The minimum Gasteiger partial charge on any atom is -0.310 e. The van der Waals surface area contributed by atoms with Crippen LogP contribution < -0.4 is 4.90 Å². The number of fused-ring (bicyclic) bond motifs is 3. The van der Waals surface area contributed by atoms with Gasteiger partial charge in [0.1, 0.15) is 0 Å². The molecule has 0 aliphatic carbocycles. The van der Waals surface area contributed by atoms with Crippen molar-refractivity contribution in [2.24, 2.45) is 0 Å². The van der Waals surface area contributed by atoms with E-state index < -0.39 is 0 Å². The Kier molecular flexibility index (Phi) is 9.57. The molecule has 0 spiro atoms. The van der Waals surface area contributed by atoms with Gasteiger partial charge in [0.05, 0.1) is 16.7 Å². The van der Waals surface area contributed by atoms with Crippen LogP contribution in [-0.2, 0) is 0 Å². The van der Waals surface area contributed by atoms with E-state index in [1.807, 2.05) is 0 Å². The maximum atomic E-state index is 2.42. The van der Waals surface area contributed by atoms with Gasteiger partial charge in [0.2, 0.25) is 0 Å². The second-order valence-corrected chi connectivity index (χ2v) is 15.8. The van der Waals surface area contributed by atoms with Crippen molar-refractivity contribution < 1.29 is 0 Å². The molecule has 1 heterocycles. The smallest absolute Gasteiger partial charge is 0.0561 e. The Hall–Kier alpha value is -8.20. The summed E-state index contributed by atoms with van der Waals surface area (Å²) in [7, 11) is 0. The number of nitrogens with zero attached hydrogens (tertiary/aromatic N) is 2. The van der Waals surface area contributed by atoms with E-state index >= 15 is 0 Å². The van der Waals surface area contributed by atoms with Gasteiger partial charge in [-0.25, -0.2) is 0 Å². The molecule has 0 saturated carbocycles. The summed E-state index contributed by atoms with van der Waals surface area (Å²) in [4.78, 5) is 2.42.